The minimum atomic E-state index is 0.178. The lowest BCUT2D eigenvalue weighted by atomic mass is 10.0. The number of aromatic amines is 1. The number of piperazine rings is 1. The van der Waals surface area contributed by atoms with Gasteiger partial charge < -0.3 is 15.2 Å². The summed E-state index contributed by atoms with van der Waals surface area (Å²) in [5.74, 6) is 0.178. The molecule has 0 radical (unpaired) electrons. The van der Waals surface area contributed by atoms with E-state index in [1.165, 1.54) is 22.2 Å². The predicted molar refractivity (Wildman–Crippen MR) is 140 cm³/mol. The van der Waals surface area contributed by atoms with E-state index in [9.17, 15) is 4.79 Å². The second-order valence-corrected chi connectivity index (χ2v) is 10.1. The third-order valence-electron chi connectivity index (χ3n) is 7.42. The van der Waals surface area contributed by atoms with Gasteiger partial charge in [-0.15, -0.1) is 0 Å². The van der Waals surface area contributed by atoms with E-state index in [4.69, 9.17) is 0 Å². The molecule has 0 unspecified atom stereocenters. The van der Waals surface area contributed by atoms with Gasteiger partial charge >= 0.3 is 0 Å². The number of nitrogens with zero attached hydrogens (tertiary/aromatic N) is 3. The Hall–Kier alpha value is -2.83. The first-order valence-corrected chi connectivity index (χ1v) is 12.7. The molecule has 2 aromatic carbocycles. The van der Waals surface area contributed by atoms with E-state index < -0.39 is 0 Å². The van der Waals surface area contributed by atoms with Crippen molar-refractivity contribution in [1.82, 2.24) is 20.1 Å². The number of fused-ring (bicyclic) bond motifs is 1. The zero-order valence-corrected chi connectivity index (χ0v) is 20.5. The fourth-order valence-corrected chi connectivity index (χ4v) is 5.30. The molecule has 0 atom stereocenters. The number of rotatable bonds is 6. The minimum Gasteiger partial charge on any atom is -0.371 e. The Morgan fingerprint density at radius 3 is 2.47 bits per heavy atom. The van der Waals surface area contributed by atoms with Gasteiger partial charge in [0.25, 0.3) is 0 Å². The van der Waals surface area contributed by atoms with Crippen LogP contribution in [-0.2, 0) is 4.79 Å². The van der Waals surface area contributed by atoms with Crippen LogP contribution in [-0.4, -0.2) is 78.6 Å². The van der Waals surface area contributed by atoms with Crippen LogP contribution in [0, 0.1) is 0 Å². The SMILES string of the molecule is CC(C)N1CCN(CC(=O)NC2CCN(c3cccc(-c4cc5ccccc5[nH]4)c3)CC2)CC1. The fraction of sp³-hybridized carbons (Fsp3) is 0.464. The molecular weight excluding hydrogens is 422 g/mol. The second-order valence-electron chi connectivity index (χ2n) is 10.1. The van der Waals surface area contributed by atoms with Gasteiger partial charge in [-0.3, -0.25) is 14.6 Å². The summed E-state index contributed by atoms with van der Waals surface area (Å²) >= 11 is 0. The Balaban J connectivity index is 1.12. The number of hydrogen-bond donors (Lipinski definition) is 2. The number of amides is 1. The molecule has 1 amide bonds. The molecule has 2 aliphatic rings. The highest BCUT2D eigenvalue weighted by Gasteiger charge is 2.24. The Bertz CT molecular complexity index is 1070. The van der Waals surface area contributed by atoms with Crippen molar-refractivity contribution in [2.24, 2.45) is 0 Å². The Kier molecular flexibility index (Phi) is 6.88. The number of H-pyrrole nitrogens is 1. The molecule has 2 saturated heterocycles. The lowest BCUT2D eigenvalue weighted by molar-refractivity contribution is -0.123. The van der Waals surface area contributed by atoms with Gasteiger partial charge in [0.2, 0.25) is 5.91 Å². The first-order chi connectivity index (χ1) is 16.5. The van der Waals surface area contributed by atoms with Gasteiger partial charge in [-0.25, -0.2) is 0 Å². The number of carbonyl (C=O) groups excluding carboxylic acids is 1. The summed E-state index contributed by atoms with van der Waals surface area (Å²) in [6, 6.07) is 20.3. The van der Waals surface area contributed by atoms with Gasteiger partial charge in [0.15, 0.2) is 0 Å². The highest BCUT2D eigenvalue weighted by atomic mass is 16.2. The van der Waals surface area contributed by atoms with Crippen LogP contribution in [0.25, 0.3) is 22.2 Å². The van der Waals surface area contributed by atoms with E-state index in [2.05, 4.69) is 93.4 Å². The van der Waals surface area contributed by atoms with Gasteiger partial charge in [-0.05, 0) is 56.5 Å². The Labute approximate surface area is 202 Å². The number of benzene rings is 2. The standard InChI is InChI=1S/C28H37N5O/c1-21(2)32-16-14-31(15-17-32)20-28(34)29-24-10-12-33(13-11-24)25-8-5-7-22(18-25)27-19-23-6-3-4-9-26(23)30-27/h3-9,18-19,21,24,30H,10-17,20H2,1-2H3,(H,29,34). The van der Waals surface area contributed by atoms with E-state index in [0.29, 0.717) is 12.6 Å². The van der Waals surface area contributed by atoms with Crippen LogP contribution in [0.4, 0.5) is 5.69 Å². The van der Waals surface area contributed by atoms with Crippen LogP contribution >= 0.6 is 0 Å². The van der Waals surface area contributed by atoms with Crippen LogP contribution in [0.2, 0.25) is 0 Å². The molecule has 6 heteroatoms. The molecule has 0 spiro atoms. The summed E-state index contributed by atoms with van der Waals surface area (Å²) in [4.78, 5) is 23.4. The molecule has 1 aromatic heterocycles. The number of piperidine rings is 1. The zero-order valence-electron chi connectivity index (χ0n) is 20.5. The fourth-order valence-electron chi connectivity index (χ4n) is 5.30. The highest BCUT2D eigenvalue weighted by molar-refractivity contribution is 5.86. The van der Waals surface area contributed by atoms with Crippen LogP contribution in [0.1, 0.15) is 26.7 Å². The molecule has 5 rings (SSSR count). The third-order valence-corrected chi connectivity index (χ3v) is 7.42. The van der Waals surface area contributed by atoms with Gasteiger partial charge in [0.05, 0.1) is 6.54 Å². The van der Waals surface area contributed by atoms with Crippen molar-refractivity contribution in [2.75, 3.05) is 50.7 Å². The topological polar surface area (TPSA) is 54.6 Å². The van der Waals surface area contributed by atoms with Crippen molar-refractivity contribution in [3.8, 4) is 11.3 Å². The first kappa shape index (κ1) is 22.9. The molecule has 3 aromatic rings. The lowest BCUT2D eigenvalue weighted by Gasteiger charge is -2.37. The number of aromatic nitrogens is 1. The van der Waals surface area contributed by atoms with Crippen molar-refractivity contribution >= 4 is 22.5 Å². The third kappa shape index (κ3) is 5.29. The van der Waals surface area contributed by atoms with E-state index in [1.54, 1.807) is 0 Å². The number of nitrogens with one attached hydrogen (secondary N) is 2. The molecule has 34 heavy (non-hydrogen) atoms. The number of para-hydroxylation sites is 1. The molecule has 6 nitrogen and oxygen atoms in total. The van der Waals surface area contributed by atoms with Crippen molar-refractivity contribution in [2.45, 2.75) is 38.8 Å². The zero-order chi connectivity index (χ0) is 23.5. The Morgan fingerprint density at radius 2 is 1.74 bits per heavy atom. The van der Waals surface area contributed by atoms with Gasteiger partial charge in [0, 0.05) is 73.6 Å². The summed E-state index contributed by atoms with van der Waals surface area (Å²) in [5.41, 5.74) is 4.78. The molecule has 0 saturated carbocycles. The normalized spacial score (nSPS) is 18.6. The van der Waals surface area contributed by atoms with Crippen LogP contribution in [0.15, 0.2) is 54.6 Å². The quantitative estimate of drug-likeness (QED) is 0.586. The van der Waals surface area contributed by atoms with Crippen molar-refractivity contribution in [3.63, 3.8) is 0 Å². The largest absolute Gasteiger partial charge is 0.371 e. The summed E-state index contributed by atoms with van der Waals surface area (Å²) in [6.45, 7) is 11.0. The van der Waals surface area contributed by atoms with Crippen LogP contribution in [0.5, 0.6) is 0 Å². The maximum absolute atomic E-state index is 12.6. The summed E-state index contributed by atoms with van der Waals surface area (Å²) in [5, 5.41) is 4.54. The summed E-state index contributed by atoms with van der Waals surface area (Å²) in [6.07, 6.45) is 1.98. The van der Waals surface area contributed by atoms with Gasteiger partial charge in [-0.1, -0.05) is 30.3 Å². The summed E-state index contributed by atoms with van der Waals surface area (Å²) in [7, 11) is 0. The van der Waals surface area contributed by atoms with Crippen molar-refractivity contribution in [3.05, 3.63) is 54.6 Å². The molecule has 2 aliphatic heterocycles. The van der Waals surface area contributed by atoms with E-state index in [1.807, 2.05) is 0 Å². The van der Waals surface area contributed by atoms with Gasteiger partial charge in [0.1, 0.15) is 0 Å². The minimum absolute atomic E-state index is 0.178. The summed E-state index contributed by atoms with van der Waals surface area (Å²) < 4.78 is 0. The molecule has 0 aliphatic carbocycles. The predicted octanol–water partition coefficient (Wildman–Crippen LogP) is 3.95. The number of hydrogen-bond acceptors (Lipinski definition) is 4. The average molecular weight is 460 g/mol. The molecule has 2 N–H and O–H groups in total. The molecule has 2 fully saturated rings. The van der Waals surface area contributed by atoms with Crippen molar-refractivity contribution < 1.29 is 4.79 Å². The number of carbonyl (C=O) groups is 1. The highest BCUT2D eigenvalue weighted by Crippen LogP contribution is 2.28. The van der Waals surface area contributed by atoms with Crippen molar-refractivity contribution in [1.29, 1.82) is 0 Å². The van der Waals surface area contributed by atoms with Gasteiger partial charge in [-0.2, -0.15) is 0 Å². The maximum Gasteiger partial charge on any atom is 0.234 e. The first-order valence-electron chi connectivity index (χ1n) is 12.7. The van der Waals surface area contributed by atoms with Crippen LogP contribution < -0.4 is 10.2 Å². The second kappa shape index (κ2) is 10.2. The van der Waals surface area contributed by atoms with Crippen LogP contribution in [0.3, 0.4) is 0 Å². The maximum atomic E-state index is 12.6. The molecular formula is C28H37N5O. The molecule has 3 heterocycles. The monoisotopic (exact) mass is 459 g/mol. The lowest BCUT2D eigenvalue weighted by Crippen LogP contribution is -2.52. The molecule has 180 valence electrons. The van der Waals surface area contributed by atoms with E-state index >= 15 is 0 Å². The Morgan fingerprint density at radius 1 is 0.971 bits per heavy atom. The molecule has 0 bridgehead atoms. The van der Waals surface area contributed by atoms with E-state index in [0.717, 1.165) is 57.8 Å². The van der Waals surface area contributed by atoms with E-state index in [-0.39, 0.29) is 11.9 Å². The average Bonchev–Trinajstić information content (AvgIpc) is 3.29. The number of anilines is 1. The smallest absolute Gasteiger partial charge is 0.234 e.